The first-order valence-corrected chi connectivity index (χ1v) is 51.8. The van der Waals surface area contributed by atoms with Crippen molar-refractivity contribution in [1.82, 2.24) is 40.4 Å². The second kappa shape index (κ2) is 49.1. The van der Waals surface area contributed by atoms with E-state index in [9.17, 15) is 26.7 Å². The van der Waals surface area contributed by atoms with Crippen LogP contribution in [-0.4, -0.2) is 230 Å². The van der Waals surface area contributed by atoms with Crippen LogP contribution in [0, 0.1) is 58.7 Å². The Morgan fingerprint density at radius 2 is 0.611 bits per heavy atom. The number of amides is 1. The summed E-state index contributed by atoms with van der Waals surface area (Å²) in [6.07, 6.45) is 16.4. The van der Waals surface area contributed by atoms with Crippen LogP contribution >= 0.6 is 0 Å². The van der Waals surface area contributed by atoms with Gasteiger partial charge in [0.2, 0.25) is 0 Å². The quantitative estimate of drug-likeness (QED) is 0.0251. The number of hydrogen-bond acceptors (Lipinski definition) is 18. The van der Waals surface area contributed by atoms with E-state index in [1.165, 1.54) is 148 Å². The van der Waals surface area contributed by atoms with Crippen molar-refractivity contribution in [3.05, 3.63) is 325 Å². The molecule has 0 radical (unpaired) electrons. The number of piperazine rings is 1. The van der Waals surface area contributed by atoms with Crippen molar-refractivity contribution in [2.75, 3.05) is 199 Å². The van der Waals surface area contributed by atoms with Gasteiger partial charge in [-0.05, 0) is 386 Å². The first kappa shape index (κ1) is 102. The molecule has 22 rings (SSSR count). The van der Waals surface area contributed by atoms with Crippen LogP contribution in [0.3, 0.4) is 0 Å². The fourth-order valence-electron chi connectivity index (χ4n) is 18.7. The SMILES string of the molecule is CCNCC1=C(c2ccc(F)cc2)c2cc(OCC3CC3)ccc2OC1.CN(C)CCNC(=O)C1=C(c2ccc(F)cc2)c2cc(OCC3CC3)ccc2OC1.CN(C)CCNCC1=C(c2ccc(F)cc2)c2cc(OCC3CC3)ccc2OC1.CN1CCN(CC2=C(c3ccc(F)cc3)c3cc(OCC4CC4)ccc3OC2)CC1.Fc1ccc(C2=C(CN3CCCCC3)COc3ccc(OCC4CC4)cc32)cc1. The number of likely N-dealkylation sites (tertiary alicyclic amines) is 1. The summed E-state index contributed by atoms with van der Waals surface area (Å²) in [6, 6.07) is 63.3. The van der Waals surface area contributed by atoms with Gasteiger partial charge >= 0.3 is 0 Å². The van der Waals surface area contributed by atoms with Gasteiger partial charge in [-0.15, -0.1) is 0 Å². The fourth-order valence-corrected chi connectivity index (χ4v) is 18.7. The lowest BCUT2D eigenvalue weighted by atomic mass is 9.90. The van der Waals surface area contributed by atoms with Gasteiger partial charge in [0.15, 0.2) is 0 Å². The van der Waals surface area contributed by atoms with Gasteiger partial charge in [-0.25, -0.2) is 22.0 Å². The minimum Gasteiger partial charge on any atom is -0.493 e. The number of ether oxygens (including phenoxy) is 10. The molecular formula is C120H137F5N8O11. The third kappa shape index (κ3) is 28.5. The molecule has 758 valence electrons. The van der Waals surface area contributed by atoms with E-state index in [0.29, 0.717) is 80.5 Å². The Hall–Kier alpha value is -12.3. The predicted molar refractivity (Wildman–Crippen MR) is 559 cm³/mol. The zero-order chi connectivity index (χ0) is 99.4. The molecule has 3 N–H and O–H groups in total. The molecule has 7 aliphatic heterocycles. The third-order valence-corrected chi connectivity index (χ3v) is 28.0. The molecular weight excluding hydrogens is 1820 g/mol. The van der Waals surface area contributed by atoms with Crippen LogP contribution < -0.4 is 63.3 Å². The number of nitrogens with zero attached hydrogens (tertiary/aromatic N) is 5. The summed E-state index contributed by atoms with van der Waals surface area (Å²) in [4.78, 5) is 24.5. The number of rotatable bonds is 36. The van der Waals surface area contributed by atoms with Crippen molar-refractivity contribution >= 4 is 33.8 Å². The van der Waals surface area contributed by atoms with Gasteiger partial charge in [0, 0.05) is 112 Å². The average molecular weight is 1960 g/mol. The molecule has 7 fully saturated rings. The standard InChI is InChI=1S/C25H29FN2O2.C25H28FNO2.C24H27FN2O3.C24H29FN2O2.C22H24FNO2/c1-27-10-12-28(13-11-27)15-20-17-30-24-9-8-22(29-16-18-2-3-18)14-23(24)25(20)19-4-6-21(26)7-5-19;26-21-8-6-19(7-9-21)25-20(15-27-12-2-1-3-13-27)17-29-24-11-10-22(14-23(24)25)28-16-18-4-5-18;1-27(2)12-11-26-24(28)21-15-30-22-10-9-19(29-14-16-3-4-16)13-20(22)23(21)17-5-7-18(25)8-6-17;1-27(2)12-11-26-14-19-16-29-23-10-9-21(28-15-17-3-4-17)13-22(23)24(19)18-5-7-20(25)8-6-18;1-2-24-12-17-14-26-21-10-9-19(25-13-15-3-4-15)11-20(21)22(17)16-5-7-18(23)8-6-16/h4-9,14,18H,2-3,10-13,15-17H2,1H3;6-11,14,18H,1-5,12-13,15-17H2;5-10,13,16H,3-4,11-12,14-15H2,1-2H3,(H,26,28);5-10,13,17,26H,3-4,11-12,14-16H2,1-2H3;5-11,15,24H,2-4,12-14H2,1H3. The van der Waals surface area contributed by atoms with Crippen LogP contribution in [0.25, 0.3) is 27.9 Å². The summed E-state index contributed by atoms with van der Waals surface area (Å²) < 4.78 is 128. The van der Waals surface area contributed by atoms with Crippen molar-refractivity contribution < 1.29 is 74.1 Å². The summed E-state index contributed by atoms with van der Waals surface area (Å²) in [5.41, 5.74) is 20.5. The van der Waals surface area contributed by atoms with Crippen molar-refractivity contribution in [2.45, 2.75) is 90.4 Å². The molecule has 0 aromatic heterocycles. The Labute approximate surface area is 845 Å². The number of hydrogen-bond donors (Lipinski definition) is 3. The van der Waals surface area contributed by atoms with E-state index < -0.39 is 0 Å². The highest BCUT2D eigenvalue weighted by molar-refractivity contribution is 6.06. The van der Waals surface area contributed by atoms with E-state index in [1.807, 2.05) is 134 Å². The van der Waals surface area contributed by atoms with E-state index in [4.69, 9.17) is 47.4 Å². The van der Waals surface area contributed by atoms with E-state index in [1.54, 1.807) is 36.4 Å². The molecule has 7 heterocycles. The molecule has 24 heteroatoms. The van der Waals surface area contributed by atoms with Crippen molar-refractivity contribution in [3.8, 4) is 57.5 Å². The Balaban J connectivity index is 0.000000119. The molecule has 10 aromatic carbocycles. The number of carbonyl (C=O) groups is 1. The molecule has 1 amide bonds. The Morgan fingerprint density at radius 1 is 0.333 bits per heavy atom. The van der Waals surface area contributed by atoms with Gasteiger partial charge < -0.3 is 78.0 Å². The van der Waals surface area contributed by atoms with Gasteiger partial charge in [0.05, 0.1) is 38.6 Å². The smallest absolute Gasteiger partial charge is 0.251 e. The number of halogens is 5. The molecule has 5 saturated carbocycles. The highest BCUT2D eigenvalue weighted by Crippen LogP contribution is 2.48. The summed E-state index contributed by atoms with van der Waals surface area (Å²) in [7, 11) is 10.2. The van der Waals surface area contributed by atoms with Crippen molar-refractivity contribution in [2.24, 2.45) is 29.6 Å². The highest BCUT2D eigenvalue weighted by atomic mass is 19.1. The number of nitrogens with one attached hydrogen (secondary N) is 3. The second-order valence-corrected chi connectivity index (χ2v) is 40.5. The lowest BCUT2D eigenvalue weighted by Gasteiger charge is -2.34. The number of benzene rings is 10. The molecule has 0 bridgehead atoms. The van der Waals surface area contributed by atoms with Crippen LogP contribution in [0.4, 0.5) is 22.0 Å². The fraction of sp³-hybridized carbons (Fsp3) is 0.408. The number of fused-ring (bicyclic) bond motifs is 5. The van der Waals surface area contributed by atoms with E-state index in [2.05, 4.69) is 87.9 Å². The van der Waals surface area contributed by atoms with Gasteiger partial charge in [0.1, 0.15) is 120 Å². The maximum atomic E-state index is 13.6. The van der Waals surface area contributed by atoms with Crippen LogP contribution in [0.2, 0.25) is 0 Å². The molecule has 144 heavy (non-hydrogen) atoms. The van der Waals surface area contributed by atoms with Crippen LogP contribution in [0.5, 0.6) is 57.5 Å². The first-order valence-electron chi connectivity index (χ1n) is 51.8. The van der Waals surface area contributed by atoms with E-state index in [0.717, 1.165) is 248 Å². The van der Waals surface area contributed by atoms with E-state index >= 15 is 0 Å². The topological polar surface area (TPSA) is 162 Å². The zero-order valence-corrected chi connectivity index (χ0v) is 84.1. The molecule has 2 saturated heterocycles. The normalized spacial score (nSPS) is 17.5. The largest absolute Gasteiger partial charge is 0.493 e. The monoisotopic (exact) mass is 1960 g/mol. The number of piperidine rings is 1. The molecule has 0 unspecified atom stereocenters. The minimum absolute atomic E-state index is 0.162. The highest BCUT2D eigenvalue weighted by Gasteiger charge is 2.35. The number of carbonyl (C=O) groups excluding carboxylic acids is 1. The lowest BCUT2D eigenvalue weighted by molar-refractivity contribution is -0.117. The van der Waals surface area contributed by atoms with E-state index in [-0.39, 0.29) is 41.6 Å². The van der Waals surface area contributed by atoms with Crippen LogP contribution in [-0.2, 0) is 4.79 Å². The summed E-state index contributed by atoms with van der Waals surface area (Å²) in [5, 5.41) is 9.85. The molecule has 0 atom stereocenters. The zero-order valence-electron chi connectivity index (χ0n) is 84.1. The molecule has 12 aliphatic rings. The summed E-state index contributed by atoms with van der Waals surface area (Å²) >= 11 is 0. The van der Waals surface area contributed by atoms with Gasteiger partial charge in [-0.1, -0.05) is 74.0 Å². The Bertz CT molecular complexity index is 6190. The van der Waals surface area contributed by atoms with Gasteiger partial charge in [-0.2, -0.15) is 0 Å². The summed E-state index contributed by atoms with van der Waals surface area (Å²) in [5.74, 6) is 10.5. The molecule has 5 aliphatic carbocycles. The van der Waals surface area contributed by atoms with Crippen molar-refractivity contribution in [3.63, 3.8) is 0 Å². The third-order valence-electron chi connectivity index (χ3n) is 28.0. The van der Waals surface area contributed by atoms with Gasteiger partial charge in [0.25, 0.3) is 5.91 Å². The molecule has 0 spiro atoms. The molecule has 10 aromatic rings. The van der Waals surface area contributed by atoms with Crippen LogP contribution in [0.1, 0.15) is 146 Å². The number of likely N-dealkylation sites (N-methyl/N-ethyl adjacent to an activating group) is 4. The summed E-state index contributed by atoms with van der Waals surface area (Å²) in [6.45, 7) is 22.1. The Morgan fingerprint density at radius 3 is 0.924 bits per heavy atom. The van der Waals surface area contributed by atoms with Crippen molar-refractivity contribution in [1.29, 1.82) is 0 Å². The Kier molecular flexibility index (Phi) is 34.7. The second-order valence-electron chi connectivity index (χ2n) is 40.5. The minimum atomic E-state index is -0.315. The maximum Gasteiger partial charge on any atom is 0.251 e. The maximum absolute atomic E-state index is 13.6. The van der Waals surface area contributed by atoms with Crippen LogP contribution in [0.15, 0.2) is 240 Å². The average Bonchev–Trinajstić information content (AvgIpc) is 1.63. The molecule has 19 nitrogen and oxygen atoms in total. The first-order chi connectivity index (χ1) is 70.3. The lowest BCUT2D eigenvalue weighted by Crippen LogP contribution is -2.45. The predicted octanol–water partition coefficient (Wildman–Crippen LogP) is 21.2. The van der Waals surface area contributed by atoms with Gasteiger partial charge in [-0.3, -0.25) is 14.6 Å².